The number of morpholine rings is 1. The Morgan fingerprint density at radius 3 is 2.46 bits per heavy atom. The molecule has 1 saturated heterocycles. The van der Waals surface area contributed by atoms with E-state index in [-0.39, 0.29) is 18.1 Å². The predicted molar refractivity (Wildman–Crippen MR) is 108 cm³/mol. The average Bonchev–Trinajstić information content (AvgIpc) is 3.06. The lowest BCUT2D eigenvalue weighted by atomic mass is 10.2. The van der Waals surface area contributed by atoms with Crippen LogP contribution < -0.4 is 0 Å². The number of halogens is 1. The Balaban J connectivity index is 1.46. The molecule has 140 valence electrons. The third kappa shape index (κ3) is 5.85. The summed E-state index contributed by atoms with van der Waals surface area (Å²) in [5.74, 6) is 1.33. The van der Waals surface area contributed by atoms with Gasteiger partial charge in [-0.1, -0.05) is 58.6 Å². The van der Waals surface area contributed by atoms with Gasteiger partial charge in [-0.3, -0.25) is 4.79 Å². The van der Waals surface area contributed by atoms with Crippen molar-refractivity contribution >= 4 is 52.4 Å². The molecule has 1 aliphatic heterocycles. The Morgan fingerprint density at radius 2 is 1.81 bits per heavy atom. The first-order valence-electron chi connectivity index (χ1n) is 8.26. The first kappa shape index (κ1) is 19.9. The fourth-order valence-electron chi connectivity index (χ4n) is 2.64. The summed E-state index contributed by atoms with van der Waals surface area (Å²) < 4.78 is 7.40. The molecule has 26 heavy (non-hydrogen) atoms. The summed E-state index contributed by atoms with van der Waals surface area (Å²) in [6.45, 7) is 5.31. The second-order valence-electron chi connectivity index (χ2n) is 6.09. The highest BCUT2D eigenvalue weighted by atomic mass is 35.5. The Labute approximate surface area is 170 Å². The van der Waals surface area contributed by atoms with Crippen molar-refractivity contribution in [1.29, 1.82) is 0 Å². The van der Waals surface area contributed by atoms with Gasteiger partial charge in [0.1, 0.15) is 0 Å². The zero-order chi connectivity index (χ0) is 18.5. The second kappa shape index (κ2) is 9.41. The number of aromatic nitrogens is 2. The number of carbonyl (C=O) groups is 1. The van der Waals surface area contributed by atoms with E-state index in [0.29, 0.717) is 18.8 Å². The molecule has 1 aliphatic rings. The number of rotatable bonds is 6. The van der Waals surface area contributed by atoms with Gasteiger partial charge in [0.2, 0.25) is 5.91 Å². The predicted octanol–water partition coefficient (Wildman–Crippen LogP) is 4.21. The molecule has 0 saturated carbocycles. The van der Waals surface area contributed by atoms with E-state index in [2.05, 4.69) is 10.2 Å². The van der Waals surface area contributed by atoms with Crippen LogP contribution in [-0.2, 0) is 15.3 Å². The number of hydrogen-bond donors (Lipinski definition) is 0. The van der Waals surface area contributed by atoms with Gasteiger partial charge in [0.15, 0.2) is 8.68 Å². The van der Waals surface area contributed by atoms with Crippen molar-refractivity contribution in [2.24, 2.45) is 0 Å². The maximum absolute atomic E-state index is 12.4. The summed E-state index contributed by atoms with van der Waals surface area (Å²) in [6.07, 6.45) is 0.176. The normalized spacial score (nSPS) is 20.3. The SMILES string of the molecule is C[C@@H]1CN(C(=O)CSc2nnc(SCc3ccc(Cl)cc3)s2)C[C@H](C)O1. The molecule has 1 aromatic heterocycles. The van der Waals surface area contributed by atoms with Gasteiger partial charge in [0.05, 0.1) is 18.0 Å². The maximum Gasteiger partial charge on any atom is 0.233 e. The quantitative estimate of drug-likeness (QED) is 0.641. The van der Waals surface area contributed by atoms with Gasteiger partial charge in [-0.2, -0.15) is 0 Å². The summed E-state index contributed by atoms with van der Waals surface area (Å²) in [4.78, 5) is 14.3. The van der Waals surface area contributed by atoms with Crippen LogP contribution in [0.5, 0.6) is 0 Å². The topological polar surface area (TPSA) is 55.3 Å². The summed E-state index contributed by atoms with van der Waals surface area (Å²) in [5, 5.41) is 9.12. The van der Waals surface area contributed by atoms with E-state index in [0.717, 1.165) is 19.5 Å². The summed E-state index contributed by atoms with van der Waals surface area (Å²) in [7, 11) is 0. The molecule has 2 aromatic rings. The van der Waals surface area contributed by atoms with Crippen LogP contribution in [0.3, 0.4) is 0 Å². The smallest absolute Gasteiger partial charge is 0.233 e. The van der Waals surface area contributed by atoms with Crippen molar-refractivity contribution in [3.8, 4) is 0 Å². The number of hydrogen-bond acceptors (Lipinski definition) is 7. The molecule has 3 rings (SSSR count). The molecular weight excluding hydrogens is 410 g/mol. The van der Waals surface area contributed by atoms with Gasteiger partial charge in [-0.05, 0) is 31.5 Å². The molecule has 2 atom stereocenters. The van der Waals surface area contributed by atoms with Crippen molar-refractivity contribution in [3.05, 3.63) is 34.9 Å². The zero-order valence-corrected chi connectivity index (χ0v) is 17.8. The summed E-state index contributed by atoms with van der Waals surface area (Å²) in [6, 6.07) is 7.79. The van der Waals surface area contributed by atoms with E-state index in [4.69, 9.17) is 16.3 Å². The number of nitrogens with zero attached hydrogens (tertiary/aromatic N) is 3. The van der Waals surface area contributed by atoms with E-state index in [1.54, 1.807) is 11.8 Å². The highest BCUT2D eigenvalue weighted by molar-refractivity contribution is 8.03. The van der Waals surface area contributed by atoms with Gasteiger partial charge in [-0.25, -0.2) is 0 Å². The third-order valence-electron chi connectivity index (χ3n) is 3.75. The van der Waals surface area contributed by atoms with Gasteiger partial charge < -0.3 is 9.64 Å². The van der Waals surface area contributed by atoms with Crippen LogP contribution in [0.1, 0.15) is 19.4 Å². The van der Waals surface area contributed by atoms with Crippen LogP contribution in [0.15, 0.2) is 32.9 Å². The minimum Gasteiger partial charge on any atom is -0.372 e. The number of ether oxygens (including phenoxy) is 1. The van der Waals surface area contributed by atoms with Gasteiger partial charge >= 0.3 is 0 Å². The van der Waals surface area contributed by atoms with Crippen molar-refractivity contribution in [2.75, 3.05) is 18.8 Å². The van der Waals surface area contributed by atoms with Crippen LogP contribution in [0, 0.1) is 0 Å². The lowest BCUT2D eigenvalue weighted by Gasteiger charge is -2.35. The largest absolute Gasteiger partial charge is 0.372 e. The summed E-state index contributed by atoms with van der Waals surface area (Å²) >= 11 is 10.5. The molecule has 1 aromatic carbocycles. The molecule has 0 N–H and O–H groups in total. The van der Waals surface area contributed by atoms with Crippen LogP contribution in [0.4, 0.5) is 0 Å². The van der Waals surface area contributed by atoms with Crippen LogP contribution in [0.25, 0.3) is 0 Å². The number of thioether (sulfide) groups is 2. The van der Waals surface area contributed by atoms with E-state index < -0.39 is 0 Å². The van der Waals surface area contributed by atoms with E-state index in [9.17, 15) is 4.79 Å². The summed E-state index contributed by atoms with van der Waals surface area (Å²) in [5.41, 5.74) is 1.19. The van der Waals surface area contributed by atoms with Crippen LogP contribution >= 0.6 is 46.5 Å². The molecular formula is C17H20ClN3O2S3. The number of benzene rings is 1. The molecule has 0 bridgehead atoms. The van der Waals surface area contributed by atoms with E-state index in [1.165, 1.54) is 28.7 Å². The van der Waals surface area contributed by atoms with Crippen LogP contribution in [0.2, 0.25) is 5.02 Å². The maximum atomic E-state index is 12.4. The molecule has 1 amide bonds. The van der Waals surface area contributed by atoms with Gasteiger partial charge in [0, 0.05) is 23.9 Å². The number of amides is 1. The highest BCUT2D eigenvalue weighted by Crippen LogP contribution is 2.31. The Morgan fingerprint density at radius 1 is 1.19 bits per heavy atom. The van der Waals surface area contributed by atoms with Crippen LogP contribution in [-0.4, -0.2) is 52.1 Å². The lowest BCUT2D eigenvalue weighted by molar-refractivity contribution is -0.140. The average molecular weight is 430 g/mol. The second-order valence-corrected chi connectivity index (χ2v) is 9.95. The van der Waals surface area contributed by atoms with Crippen molar-refractivity contribution in [3.63, 3.8) is 0 Å². The monoisotopic (exact) mass is 429 g/mol. The Kier molecular flexibility index (Phi) is 7.22. The molecule has 0 spiro atoms. The fourth-order valence-corrected chi connectivity index (χ4v) is 5.64. The number of carbonyl (C=O) groups excluding carboxylic acids is 1. The molecule has 5 nitrogen and oxygen atoms in total. The minimum atomic E-state index is 0.0881. The van der Waals surface area contributed by atoms with Gasteiger partial charge in [-0.15, -0.1) is 10.2 Å². The first-order valence-corrected chi connectivity index (χ1v) is 11.4. The third-order valence-corrected chi connectivity index (χ3v) is 7.25. The molecule has 0 aliphatic carbocycles. The molecule has 0 unspecified atom stereocenters. The van der Waals surface area contributed by atoms with Crippen molar-refractivity contribution < 1.29 is 9.53 Å². The Bertz CT molecular complexity index is 731. The molecule has 9 heteroatoms. The fraction of sp³-hybridized carbons (Fsp3) is 0.471. The Hall–Kier alpha value is -0.800. The van der Waals surface area contributed by atoms with E-state index in [1.807, 2.05) is 43.0 Å². The van der Waals surface area contributed by atoms with Crippen molar-refractivity contribution in [2.45, 2.75) is 40.5 Å². The lowest BCUT2D eigenvalue weighted by Crippen LogP contribution is -2.48. The molecule has 2 heterocycles. The molecule has 1 fully saturated rings. The van der Waals surface area contributed by atoms with Crippen molar-refractivity contribution in [1.82, 2.24) is 15.1 Å². The standard InChI is InChI=1S/C17H20ClN3O2S3/c1-11-7-21(8-12(2)23-11)15(22)10-25-17-20-19-16(26-17)24-9-13-3-5-14(18)6-4-13/h3-6,11-12H,7-10H2,1-2H3/t11-,12+. The van der Waals surface area contributed by atoms with Gasteiger partial charge in [0.25, 0.3) is 0 Å². The van der Waals surface area contributed by atoms with E-state index >= 15 is 0 Å². The molecule has 0 radical (unpaired) electrons. The minimum absolute atomic E-state index is 0.0881. The highest BCUT2D eigenvalue weighted by Gasteiger charge is 2.25. The zero-order valence-electron chi connectivity index (χ0n) is 14.6. The first-order chi connectivity index (χ1) is 12.5.